The topological polar surface area (TPSA) is 49.8 Å². The Morgan fingerprint density at radius 3 is 2.78 bits per heavy atom. The minimum atomic E-state index is -0.890. The molecule has 4 nitrogen and oxygen atoms in total. The number of nitrogens with zero attached hydrogens (tertiary/aromatic N) is 1. The average molecular weight is 255 g/mol. The Morgan fingerprint density at radius 2 is 2.22 bits per heavy atom. The van der Waals surface area contributed by atoms with Crippen LogP contribution in [-0.4, -0.2) is 36.2 Å². The predicted molar refractivity (Wildman–Crippen MR) is 66.2 cm³/mol. The van der Waals surface area contributed by atoms with Crippen molar-refractivity contribution in [3.8, 4) is 5.75 Å². The smallest absolute Gasteiger partial charge is 0.317 e. The van der Waals surface area contributed by atoms with Crippen LogP contribution in [0.3, 0.4) is 0 Å². The summed E-state index contributed by atoms with van der Waals surface area (Å²) >= 11 is 0. The maximum atomic E-state index is 13.2. The molecule has 0 atom stereocenters. The summed E-state index contributed by atoms with van der Waals surface area (Å²) in [4.78, 5) is 12.5. The number of aliphatic carboxylic acids is 1. The van der Waals surface area contributed by atoms with E-state index in [9.17, 15) is 9.18 Å². The lowest BCUT2D eigenvalue weighted by atomic mass is 10.1. The Hall–Kier alpha value is -1.62. The van der Waals surface area contributed by atoms with Crippen molar-refractivity contribution in [2.45, 2.75) is 19.9 Å². The van der Waals surface area contributed by atoms with Crippen molar-refractivity contribution in [3.63, 3.8) is 0 Å². The Balaban J connectivity index is 2.84. The van der Waals surface area contributed by atoms with Gasteiger partial charge in [-0.05, 0) is 31.2 Å². The molecule has 0 saturated heterocycles. The van der Waals surface area contributed by atoms with Crippen LogP contribution in [-0.2, 0) is 11.3 Å². The van der Waals surface area contributed by atoms with E-state index < -0.39 is 5.97 Å². The van der Waals surface area contributed by atoms with Gasteiger partial charge in [0, 0.05) is 12.1 Å². The Bertz CT molecular complexity index is 409. The molecule has 1 N–H and O–H groups in total. The standard InChI is InChI=1S/C13H18FNO3/c1-3-6-15(9-13(16)17)8-10-7-11(14)4-5-12(10)18-2/h4-5,7H,3,6,8-9H2,1-2H3,(H,16,17). The summed E-state index contributed by atoms with van der Waals surface area (Å²) in [5.74, 6) is -0.667. The number of carboxylic acid groups (broad SMARTS) is 1. The van der Waals surface area contributed by atoms with Crippen LogP contribution >= 0.6 is 0 Å². The number of methoxy groups -OCH3 is 1. The van der Waals surface area contributed by atoms with Crippen molar-refractivity contribution in [1.29, 1.82) is 0 Å². The molecule has 0 spiro atoms. The summed E-state index contributed by atoms with van der Waals surface area (Å²) in [6.45, 7) is 2.91. The largest absolute Gasteiger partial charge is 0.496 e. The summed E-state index contributed by atoms with van der Waals surface area (Å²) < 4.78 is 18.3. The molecular formula is C13H18FNO3. The number of carboxylic acids is 1. The van der Waals surface area contributed by atoms with E-state index in [1.165, 1.54) is 19.2 Å². The molecule has 1 rings (SSSR count). The Kier molecular flexibility index (Phi) is 5.58. The minimum Gasteiger partial charge on any atom is -0.496 e. The fourth-order valence-electron chi connectivity index (χ4n) is 1.83. The van der Waals surface area contributed by atoms with Gasteiger partial charge in [-0.3, -0.25) is 9.69 Å². The number of halogens is 1. The lowest BCUT2D eigenvalue weighted by Gasteiger charge is -2.20. The van der Waals surface area contributed by atoms with E-state index >= 15 is 0 Å². The third-order valence-electron chi connectivity index (χ3n) is 2.54. The van der Waals surface area contributed by atoms with Crippen LogP contribution in [0.25, 0.3) is 0 Å². The molecule has 0 aliphatic rings. The van der Waals surface area contributed by atoms with Crippen molar-refractivity contribution in [2.24, 2.45) is 0 Å². The van der Waals surface area contributed by atoms with Crippen molar-refractivity contribution >= 4 is 5.97 Å². The van der Waals surface area contributed by atoms with Crippen LogP contribution in [0.4, 0.5) is 4.39 Å². The van der Waals surface area contributed by atoms with E-state index in [2.05, 4.69) is 0 Å². The van der Waals surface area contributed by atoms with Gasteiger partial charge < -0.3 is 9.84 Å². The number of ether oxygens (including phenoxy) is 1. The molecule has 1 aromatic rings. The highest BCUT2D eigenvalue weighted by Crippen LogP contribution is 2.21. The molecule has 0 unspecified atom stereocenters. The fraction of sp³-hybridized carbons (Fsp3) is 0.462. The SMILES string of the molecule is CCCN(CC(=O)O)Cc1cc(F)ccc1OC. The monoisotopic (exact) mass is 255 g/mol. The van der Waals surface area contributed by atoms with Crippen LogP contribution in [0.1, 0.15) is 18.9 Å². The Morgan fingerprint density at radius 1 is 1.50 bits per heavy atom. The van der Waals surface area contributed by atoms with Gasteiger partial charge in [0.25, 0.3) is 0 Å². The first-order valence-corrected chi connectivity index (χ1v) is 5.83. The second-order valence-electron chi connectivity index (χ2n) is 4.06. The van der Waals surface area contributed by atoms with Gasteiger partial charge in [0.05, 0.1) is 13.7 Å². The number of rotatable bonds is 7. The molecule has 0 amide bonds. The molecule has 5 heteroatoms. The van der Waals surface area contributed by atoms with Crippen LogP contribution in [0, 0.1) is 5.82 Å². The van der Waals surface area contributed by atoms with E-state index in [1.54, 1.807) is 11.0 Å². The van der Waals surface area contributed by atoms with Crippen LogP contribution in [0.5, 0.6) is 5.75 Å². The summed E-state index contributed by atoms with van der Waals surface area (Å²) in [5, 5.41) is 8.82. The third kappa shape index (κ3) is 4.33. The maximum absolute atomic E-state index is 13.2. The van der Waals surface area contributed by atoms with Crippen molar-refractivity contribution in [2.75, 3.05) is 20.2 Å². The van der Waals surface area contributed by atoms with Gasteiger partial charge in [-0.25, -0.2) is 4.39 Å². The highest BCUT2D eigenvalue weighted by molar-refractivity contribution is 5.69. The highest BCUT2D eigenvalue weighted by atomic mass is 19.1. The first kappa shape index (κ1) is 14.4. The summed E-state index contributed by atoms with van der Waals surface area (Å²) in [6.07, 6.45) is 0.838. The first-order valence-electron chi connectivity index (χ1n) is 5.83. The van der Waals surface area contributed by atoms with E-state index in [0.717, 1.165) is 6.42 Å². The first-order chi connectivity index (χ1) is 8.56. The molecule has 18 heavy (non-hydrogen) atoms. The number of hydrogen-bond donors (Lipinski definition) is 1. The molecule has 0 aromatic heterocycles. The van der Waals surface area contributed by atoms with Crippen LogP contribution in [0.15, 0.2) is 18.2 Å². The second-order valence-corrected chi connectivity index (χ2v) is 4.06. The molecule has 0 saturated carbocycles. The lowest BCUT2D eigenvalue weighted by molar-refractivity contribution is -0.138. The third-order valence-corrected chi connectivity index (χ3v) is 2.54. The zero-order valence-corrected chi connectivity index (χ0v) is 10.6. The van der Waals surface area contributed by atoms with Crippen molar-refractivity contribution < 1.29 is 19.0 Å². The van der Waals surface area contributed by atoms with E-state index in [1.807, 2.05) is 6.92 Å². The summed E-state index contributed by atoms with van der Waals surface area (Å²) in [5.41, 5.74) is 0.659. The molecule has 0 fully saturated rings. The fourth-order valence-corrected chi connectivity index (χ4v) is 1.83. The summed E-state index contributed by atoms with van der Waals surface area (Å²) in [6, 6.07) is 4.25. The van der Waals surface area contributed by atoms with Gasteiger partial charge >= 0.3 is 5.97 Å². The van der Waals surface area contributed by atoms with Crippen molar-refractivity contribution in [3.05, 3.63) is 29.6 Å². The normalized spacial score (nSPS) is 10.7. The van der Waals surface area contributed by atoms with Crippen molar-refractivity contribution in [1.82, 2.24) is 4.90 Å². The van der Waals surface area contributed by atoms with E-state index in [4.69, 9.17) is 9.84 Å². The van der Waals surface area contributed by atoms with Gasteiger partial charge in [-0.15, -0.1) is 0 Å². The predicted octanol–water partition coefficient (Wildman–Crippen LogP) is 2.13. The summed E-state index contributed by atoms with van der Waals surface area (Å²) in [7, 11) is 1.51. The van der Waals surface area contributed by atoms with Gasteiger partial charge in [0.15, 0.2) is 0 Å². The van der Waals surface area contributed by atoms with Crippen LogP contribution in [0.2, 0.25) is 0 Å². The van der Waals surface area contributed by atoms with Crippen LogP contribution < -0.4 is 4.74 Å². The molecule has 100 valence electrons. The van der Waals surface area contributed by atoms with Gasteiger partial charge in [0.1, 0.15) is 11.6 Å². The quantitative estimate of drug-likeness (QED) is 0.811. The molecule has 1 aromatic carbocycles. The molecule has 0 radical (unpaired) electrons. The van der Waals surface area contributed by atoms with E-state index in [0.29, 0.717) is 24.4 Å². The van der Waals surface area contributed by atoms with Gasteiger partial charge in [-0.2, -0.15) is 0 Å². The zero-order chi connectivity index (χ0) is 13.5. The zero-order valence-electron chi connectivity index (χ0n) is 10.6. The van der Waals surface area contributed by atoms with E-state index in [-0.39, 0.29) is 12.4 Å². The number of hydrogen-bond acceptors (Lipinski definition) is 3. The maximum Gasteiger partial charge on any atom is 0.317 e. The van der Waals surface area contributed by atoms with Gasteiger partial charge in [-0.1, -0.05) is 6.92 Å². The number of benzene rings is 1. The Labute approximate surface area is 106 Å². The molecule has 0 aliphatic heterocycles. The second kappa shape index (κ2) is 6.96. The molecule has 0 bridgehead atoms. The molecule has 0 aliphatic carbocycles. The molecule has 0 heterocycles. The lowest BCUT2D eigenvalue weighted by Crippen LogP contribution is -2.30. The minimum absolute atomic E-state index is 0.0620. The number of carbonyl (C=O) groups is 1. The van der Waals surface area contributed by atoms with Gasteiger partial charge in [0.2, 0.25) is 0 Å². The molecular weight excluding hydrogens is 237 g/mol. The highest BCUT2D eigenvalue weighted by Gasteiger charge is 2.13. The average Bonchev–Trinajstić information content (AvgIpc) is 2.28.